The number of pyridine rings is 7. The molecule has 0 unspecified atom stereocenters. The number of ketones is 2. The van der Waals surface area contributed by atoms with Crippen LogP contribution in [0.3, 0.4) is 0 Å². The first-order valence-corrected chi connectivity index (χ1v) is 47.4. The van der Waals surface area contributed by atoms with E-state index in [-0.39, 0.29) is 93.5 Å². The number of nitrogens with one attached hydrogen (secondary N) is 6. The second kappa shape index (κ2) is 49.5. The lowest BCUT2D eigenvalue weighted by Gasteiger charge is -2.20. The number of ether oxygens (including phenoxy) is 16. The fraction of sp³-hybridized carbons (Fsp3) is 0.330. The Labute approximate surface area is 863 Å². The zero-order valence-corrected chi connectivity index (χ0v) is 86.0. The molecule has 4 aliphatic heterocycles. The van der Waals surface area contributed by atoms with E-state index in [2.05, 4.69) is 93.1 Å². The normalized spacial score (nSPS) is 17.2. The molecule has 4 fully saturated rings. The van der Waals surface area contributed by atoms with Gasteiger partial charge in [-0.2, -0.15) is 0 Å². The largest absolute Gasteiger partial charge is 0.495 e. The van der Waals surface area contributed by atoms with Crippen LogP contribution in [0.5, 0.6) is 69.5 Å². The first-order chi connectivity index (χ1) is 68.9. The molecule has 0 bridgehead atoms. The van der Waals surface area contributed by atoms with Gasteiger partial charge in [-0.1, -0.05) is 119 Å². The molecule has 43 heteroatoms. The van der Waals surface area contributed by atoms with Crippen molar-refractivity contribution in [1.82, 2.24) is 55.5 Å². The molecule has 6 N–H and O–H groups in total. The van der Waals surface area contributed by atoms with Crippen molar-refractivity contribution in [1.29, 1.82) is 0 Å². The summed E-state index contributed by atoms with van der Waals surface area (Å²) < 4.78 is 88.5. The number of rotatable bonds is 36. The Morgan fingerprint density at radius 3 is 1.00 bits per heavy atom. The number of halogens is 8. The average Bonchev–Trinajstić information content (AvgIpc) is 1.02. The van der Waals surface area contributed by atoms with Gasteiger partial charge in [-0.05, 0) is 87.5 Å². The minimum atomic E-state index is -0.281. The van der Waals surface area contributed by atoms with Crippen LogP contribution in [0.15, 0.2) is 142 Å². The summed E-state index contributed by atoms with van der Waals surface area (Å²) in [6, 6.07) is 18.3. The molecule has 16 rings (SSSR count). The van der Waals surface area contributed by atoms with E-state index < -0.39 is 0 Å². The lowest BCUT2D eigenvalue weighted by atomic mass is 9.97. The third-order valence-corrected chi connectivity index (χ3v) is 26.2. The number of fused-ring (bicyclic) bond motifs is 4. The number of amides is 2. The third kappa shape index (κ3) is 24.8. The van der Waals surface area contributed by atoms with E-state index in [4.69, 9.17) is 179 Å². The van der Waals surface area contributed by atoms with Crippen LogP contribution in [0, 0.1) is 11.8 Å². The van der Waals surface area contributed by atoms with Gasteiger partial charge in [-0.25, -0.2) is 44.9 Å². The molecule has 4 aliphatic rings. The summed E-state index contributed by atoms with van der Waals surface area (Å²) in [5.74, 6) is 6.30. The van der Waals surface area contributed by atoms with E-state index >= 15 is 0 Å². The lowest BCUT2D eigenvalue weighted by Crippen LogP contribution is -2.45. The Kier molecular flexibility index (Phi) is 37.2. The van der Waals surface area contributed by atoms with Crippen LogP contribution in [-0.4, -0.2) is 241 Å². The van der Waals surface area contributed by atoms with Crippen molar-refractivity contribution < 1.29 is 95.0 Å². The lowest BCUT2D eigenvalue weighted by molar-refractivity contribution is -0.118. The highest BCUT2D eigenvalue weighted by atomic mass is 35.5. The molecule has 8 aromatic heterocycles. The number of hydrogen-bond donors (Lipinski definition) is 6. The summed E-state index contributed by atoms with van der Waals surface area (Å²) in [7, 11) is 15.1. The number of anilines is 4. The molecule has 12 aromatic rings. The Morgan fingerprint density at radius 2 is 0.657 bits per heavy atom. The highest BCUT2D eigenvalue weighted by Crippen LogP contribution is 2.52. The fourth-order valence-electron chi connectivity index (χ4n) is 16.0. The Balaban J connectivity index is 0.000000160. The van der Waals surface area contributed by atoms with Crippen LogP contribution in [0.2, 0.25) is 40.2 Å². The SMILES string of the molecule is C=CC(=O)C[C@H]1COC[C@H]1Nc1cc2c(OC(C)C)nc(-c3c(Cl)c(OC)cc(OC)c3Cl)cc2cn1.C=CC(=O)C[C@H]1COC[C@H]1Nc1cc2c(OCC)nc(-c3c(Cl)c(OC)cc(OC)c3Cl)cc2cn1.C=CC(=O)N[C@H]1COC[C@H]1Nc1cc2c(OC)nc(-c3c(Cl)c(OC)cc(OC)c3Cl)cc2cn1.C=CC(=O)N[C@H]1COC[C@H]1Nc1ncc2cc(-c3c(Cl)c(OC)cc(OC)c3Cl)nc(OC)c2n1. The zero-order valence-electron chi connectivity index (χ0n) is 80.0. The van der Waals surface area contributed by atoms with Gasteiger partial charge in [0.25, 0.3) is 0 Å². The molecule has 143 heavy (non-hydrogen) atoms. The van der Waals surface area contributed by atoms with Crippen molar-refractivity contribution in [2.24, 2.45) is 11.8 Å². The monoisotopic (exact) mass is 2110 g/mol. The molecule has 754 valence electrons. The van der Waals surface area contributed by atoms with Crippen LogP contribution < -0.4 is 88.7 Å². The van der Waals surface area contributed by atoms with Crippen LogP contribution in [0.1, 0.15) is 33.6 Å². The third-order valence-electron chi connectivity index (χ3n) is 23.2. The first-order valence-electron chi connectivity index (χ1n) is 44.4. The van der Waals surface area contributed by atoms with Gasteiger partial charge in [-0.3, -0.25) is 19.2 Å². The molecule has 0 spiro atoms. The van der Waals surface area contributed by atoms with Gasteiger partial charge in [0.1, 0.15) is 69.0 Å². The Morgan fingerprint density at radius 1 is 0.357 bits per heavy atom. The van der Waals surface area contributed by atoms with Gasteiger partial charge >= 0.3 is 0 Å². The van der Waals surface area contributed by atoms with E-state index in [1.165, 1.54) is 95.4 Å². The van der Waals surface area contributed by atoms with E-state index in [9.17, 15) is 19.2 Å². The number of carbonyl (C=O) groups is 4. The summed E-state index contributed by atoms with van der Waals surface area (Å²) in [6.07, 6.45) is 12.5. The van der Waals surface area contributed by atoms with E-state index in [1.54, 1.807) is 55.1 Å². The molecule has 12 heterocycles. The molecule has 35 nitrogen and oxygen atoms in total. The fourth-order valence-corrected chi connectivity index (χ4v) is 18.8. The van der Waals surface area contributed by atoms with Crippen molar-refractivity contribution in [3.63, 3.8) is 0 Å². The van der Waals surface area contributed by atoms with Crippen molar-refractivity contribution in [2.45, 2.75) is 76.0 Å². The summed E-state index contributed by atoms with van der Waals surface area (Å²) in [6.45, 7) is 23.8. The number of nitrogens with zero attached hydrogens (tertiary/aromatic N) is 9. The molecule has 2 amide bonds. The number of allylic oxidation sites excluding steroid dienone is 2. The number of methoxy groups -OCH3 is 10. The predicted octanol–water partition coefficient (Wildman–Crippen LogP) is 19.2. The van der Waals surface area contributed by atoms with Gasteiger partial charge in [0.05, 0.1) is 236 Å². The smallest absolute Gasteiger partial charge is 0.243 e. The minimum Gasteiger partial charge on any atom is -0.495 e. The molecule has 8 atom stereocenters. The van der Waals surface area contributed by atoms with Crippen molar-refractivity contribution >= 4 is 183 Å². The molecule has 4 aromatic carbocycles. The Hall–Kier alpha value is -12.8. The molecule has 4 saturated heterocycles. The maximum atomic E-state index is 11.9. The quantitative estimate of drug-likeness (QED) is 0.0199. The molecule has 0 aliphatic carbocycles. The van der Waals surface area contributed by atoms with Gasteiger partial charge in [0.15, 0.2) is 11.6 Å². The molecular weight excluding hydrogens is 2010 g/mol. The second-order valence-electron chi connectivity index (χ2n) is 32.5. The average molecular weight is 2120 g/mol. The van der Waals surface area contributed by atoms with Gasteiger partial charge in [-0.15, -0.1) is 0 Å². The summed E-state index contributed by atoms with van der Waals surface area (Å²) >= 11 is 52.9. The standard InChI is InChI=1S/C27H29Cl2N3O5.C26H27Cl2N3O5.C24H24Cl2N4O5.C23H23Cl2N5O5/c1-6-17(33)7-16-12-36-13-20(16)31-23-9-18-15(11-30-23)8-19(32-27(18)37-14(2)3)24-25(28)21(34-4)10-22(35-5)26(24)29;1-5-16(32)7-15-12-35-13-19(15)30-22-9-17-14(11-29-22)8-18(31-26(17)36-6-2)23-24(27)20(33-3)10-21(34-4)25(23)28;1-5-20(31)29-16-11-35-10-15(16)28-19-7-13-12(9-27-19)6-14(30-24(13)34-4)21-22(25)17(32-2)8-18(33-3)23(21)26;1-5-17(31)27-13-9-35-10-14(13)29-23-26-8-11-6-12(28-22(34-4)21(11)30-23)18-19(24)15(32-2)7-16(33-3)20(18)25/h6,8-11,14,16,20H,1,7,12-13H2,2-5H3,(H,30,31);5,8-11,15,19H,1,6-7,12-13H2,2-4H3,(H,29,30);5-9,15-16H,1,10-11H2,2-4H3,(H,27,28)(H,29,31);5-8,13-14H,1,9-10H2,2-4H3,(H,27,31)(H,26,29,30)/t16-,20+;15-,19+;15-,16+;13-,14+/m0010/s1. The number of hydrogen-bond acceptors (Lipinski definition) is 33. The van der Waals surface area contributed by atoms with Gasteiger partial charge in [0, 0.05) is 134 Å². The van der Waals surface area contributed by atoms with E-state index in [0.717, 1.165) is 32.3 Å². The van der Waals surface area contributed by atoms with Crippen LogP contribution in [0.4, 0.5) is 23.4 Å². The maximum Gasteiger partial charge on any atom is 0.243 e. The number of benzene rings is 4. The summed E-state index contributed by atoms with van der Waals surface area (Å²) in [5.41, 5.74) is 4.18. The van der Waals surface area contributed by atoms with Crippen molar-refractivity contribution in [2.75, 3.05) is 152 Å². The minimum absolute atomic E-state index is 0.00868. The highest BCUT2D eigenvalue weighted by molar-refractivity contribution is 6.43. The molecule has 0 saturated carbocycles. The topological polar surface area (TPSA) is 404 Å². The van der Waals surface area contributed by atoms with E-state index in [0.29, 0.717) is 245 Å². The first kappa shape index (κ1) is 108. The number of aromatic nitrogens is 9. The summed E-state index contributed by atoms with van der Waals surface area (Å²) in [4.78, 5) is 88.6. The van der Waals surface area contributed by atoms with Crippen LogP contribution in [-0.2, 0) is 38.1 Å². The summed E-state index contributed by atoms with van der Waals surface area (Å²) in [5, 5.41) is 26.6. The molecule has 0 radical (unpaired) electrons. The highest BCUT2D eigenvalue weighted by Gasteiger charge is 2.36. The second-order valence-corrected chi connectivity index (χ2v) is 35.5. The van der Waals surface area contributed by atoms with Gasteiger partial charge < -0.3 is 108 Å². The van der Waals surface area contributed by atoms with Crippen molar-refractivity contribution in [3.05, 3.63) is 182 Å². The number of carbonyl (C=O) groups excluding carboxylic acids is 4. The van der Waals surface area contributed by atoms with Gasteiger partial charge in [0.2, 0.25) is 41.3 Å². The maximum absolute atomic E-state index is 11.9. The van der Waals surface area contributed by atoms with Crippen LogP contribution >= 0.6 is 92.8 Å². The molecular formula is C100H103Cl8N15O20. The predicted molar refractivity (Wildman–Crippen MR) is 554 cm³/mol. The Bertz CT molecular complexity index is 6490. The zero-order chi connectivity index (χ0) is 103. The van der Waals surface area contributed by atoms with Crippen molar-refractivity contribution in [3.8, 4) is 115 Å². The van der Waals surface area contributed by atoms with E-state index in [1.807, 2.05) is 57.2 Å². The van der Waals surface area contributed by atoms with Crippen LogP contribution in [0.25, 0.3) is 88.2 Å².